The first kappa shape index (κ1) is 14.7. The summed E-state index contributed by atoms with van der Waals surface area (Å²) >= 11 is 1.44. The van der Waals surface area contributed by atoms with Crippen LogP contribution in [0.25, 0.3) is 11.0 Å². The average Bonchev–Trinajstić information content (AvgIpc) is 2.96. The number of H-pyrrole nitrogens is 1. The molecule has 0 saturated heterocycles. The number of hydrogen-bond donors (Lipinski definition) is 1. The van der Waals surface area contributed by atoms with Gasteiger partial charge in [0.1, 0.15) is 0 Å². The molecule has 1 heterocycles. The number of aromatic nitrogens is 2. The van der Waals surface area contributed by atoms with Gasteiger partial charge in [-0.1, -0.05) is 42.1 Å². The predicted molar refractivity (Wildman–Crippen MR) is 91.3 cm³/mol. The average molecular weight is 311 g/mol. The summed E-state index contributed by atoms with van der Waals surface area (Å²) in [7, 11) is 1.80. The maximum absolute atomic E-state index is 12.5. The second kappa shape index (κ2) is 6.23. The number of hydrogen-bond acceptors (Lipinski definition) is 3. The summed E-state index contributed by atoms with van der Waals surface area (Å²) in [5.41, 5.74) is 2.80. The highest BCUT2D eigenvalue weighted by atomic mass is 32.2. The molecule has 0 fully saturated rings. The fraction of sp³-hybridized carbons (Fsp3) is 0.176. The number of nitrogens with one attached hydrogen (secondary N) is 1. The predicted octanol–water partition coefficient (Wildman–Crippen LogP) is 3.71. The van der Waals surface area contributed by atoms with E-state index in [-0.39, 0.29) is 11.2 Å². The molecule has 0 aliphatic carbocycles. The number of anilines is 1. The van der Waals surface area contributed by atoms with Gasteiger partial charge in [0.2, 0.25) is 5.91 Å². The zero-order valence-electron chi connectivity index (χ0n) is 12.5. The van der Waals surface area contributed by atoms with Crippen molar-refractivity contribution >= 4 is 34.4 Å². The van der Waals surface area contributed by atoms with Gasteiger partial charge >= 0.3 is 0 Å². The van der Waals surface area contributed by atoms with E-state index in [0.717, 1.165) is 21.9 Å². The van der Waals surface area contributed by atoms with Crippen LogP contribution in [0.5, 0.6) is 0 Å². The van der Waals surface area contributed by atoms with Crippen LogP contribution in [0.4, 0.5) is 5.69 Å². The molecule has 3 aromatic rings. The molecule has 1 aromatic heterocycles. The van der Waals surface area contributed by atoms with E-state index < -0.39 is 0 Å². The SMILES string of the molecule is CC(Sc1nc2ccccc2[nH]1)C(=O)N(C)c1ccccc1. The van der Waals surface area contributed by atoms with Crippen LogP contribution in [0.3, 0.4) is 0 Å². The van der Waals surface area contributed by atoms with Gasteiger partial charge in [-0.3, -0.25) is 4.79 Å². The molecule has 2 aromatic carbocycles. The lowest BCUT2D eigenvalue weighted by Crippen LogP contribution is -2.33. The van der Waals surface area contributed by atoms with Gasteiger partial charge in [0.05, 0.1) is 16.3 Å². The summed E-state index contributed by atoms with van der Waals surface area (Å²) in [6.45, 7) is 1.90. The lowest BCUT2D eigenvalue weighted by molar-refractivity contribution is -0.117. The number of nitrogens with zero attached hydrogens (tertiary/aromatic N) is 2. The molecule has 0 radical (unpaired) electrons. The molecule has 0 bridgehead atoms. The number of benzene rings is 2. The summed E-state index contributed by atoms with van der Waals surface area (Å²) in [6, 6.07) is 17.5. The first-order valence-corrected chi connectivity index (χ1v) is 7.97. The minimum atomic E-state index is -0.217. The second-order valence-electron chi connectivity index (χ2n) is 5.05. The summed E-state index contributed by atoms with van der Waals surface area (Å²) in [4.78, 5) is 22.0. The molecular formula is C17H17N3OS. The Hall–Kier alpha value is -2.27. The van der Waals surface area contributed by atoms with Gasteiger partial charge in [-0.2, -0.15) is 0 Å². The van der Waals surface area contributed by atoms with Gasteiger partial charge < -0.3 is 9.88 Å². The van der Waals surface area contributed by atoms with E-state index in [9.17, 15) is 4.79 Å². The van der Waals surface area contributed by atoms with E-state index in [1.165, 1.54) is 11.8 Å². The van der Waals surface area contributed by atoms with Crippen molar-refractivity contribution in [1.29, 1.82) is 0 Å². The van der Waals surface area contributed by atoms with Crippen molar-refractivity contribution in [2.45, 2.75) is 17.3 Å². The van der Waals surface area contributed by atoms with Gasteiger partial charge in [0.25, 0.3) is 0 Å². The highest BCUT2D eigenvalue weighted by molar-refractivity contribution is 8.00. The Bertz CT molecular complexity index is 752. The number of carbonyl (C=O) groups is 1. The van der Waals surface area contributed by atoms with Gasteiger partial charge in [-0.05, 0) is 31.2 Å². The molecule has 112 valence electrons. The first-order valence-electron chi connectivity index (χ1n) is 7.09. The molecule has 3 rings (SSSR count). The Morgan fingerprint density at radius 3 is 2.55 bits per heavy atom. The molecule has 0 saturated carbocycles. The standard InChI is InChI=1S/C17H17N3OS/c1-12(16(21)20(2)13-8-4-3-5-9-13)22-17-18-14-10-6-7-11-15(14)19-17/h3-12H,1-2H3,(H,18,19). The minimum Gasteiger partial charge on any atom is -0.333 e. The van der Waals surface area contributed by atoms with Crippen molar-refractivity contribution in [3.8, 4) is 0 Å². The van der Waals surface area contributed by atoms with Crippen LogP contribution in [0.1, 0.15) is 6.92 Å². The van der Waals surface area contributed by atoms with E-state index in [1.54, 1.807) is 11.9 Å². The Balaban J connectivity index is 1.73. The molecule has 0 spiro atoms. The monoisotopic (exact) mass is 311 g/mol. The molecule has 0 aliphatic rings. The van der Waals surface area contributed by atoms with Crippen LogP contribution in [-0.4, -0.2) is 28.2 Å². The third-order valence-electron chi connectivity index (χ3n) is 3.48. The highest BCUT2D eigenvalue weighted by Gasteiger charge is 2.21. The molecule has 1 amide bonds. The van der Waals surface area contributed by atoms with Crippen LogP contribution in [-0.2, 0) is 4.79 Å². The minimum absolute atomic E-state index is 0.0525. The third kappa shape index (κ3) is 2.99. The number of imidazole rings is 1. The molecule has 4 nitrogen and oxygen atoms in total. The van der Waals surface area contributed by atoms with E-state index in [2.05, 4.69) is 9.97 Å². The Morgan fingerprint density at radius 1 is 1.14 bits per heavy atom. The number of aromatic amines is 1. The van der Waals surface area contributed by atoms with Gasteiger partial charge in [0.15, 0.2) is 5.16 Å². The molecule has 1 unspecified atom stereocenters. The van der Waals surface area contributed by atoms with Gasteiger partial charge in [-0.25, -0.2) is 4.98 Å². The van der Waals surface area contributed by atoms with Crippen molar-refractivity contribution in [3.05, 3.63) is 54.6 Å². The largest absolute Gasteiger partial charge is 0.333 e. The zero-order chi connectivity index (χ0) is 15.5. The van der Waals surface area contributed by atoms with Gasteiger partial charge in [-0.15, -0.1) is 0 Å². The Morgan fingerprint density at radius 2 is 1.82 bits per heavy atom. The highest BCUT2D eigenvalue weighted by Crippen LogP contribution is 2.25. The van der Waals surface area contributed by atoms with E-state index in [1.807, 2.05) is 61.5 Å². The molecule has 1 N–H and O–H groups in total. The third-order valence-corrected chi connectivity index (χ3v) is 4.45. The van der Waals surface area contributed by atoms with Crippen LogP contribution in [0.15, 0.2) is 59.8 Å². The van der Waals surface area contributed by atoms with Crippen LogP contribution >= 0.6 is 11.8 Å². The summed E-state index contributed by atoms with van der Waals surface area (Å²) < 4.78 is 0. The van der Waals surface area contributed by atoms with Crippen molar-refractivity contribution in [3.63, 3.8) is 0 Å². The second-order valence-corrected chi connectivity index (χ2v) is 6.38. The van der Waals surface area contributed by atoms with Crippen molar-refractivity contribution in [2.24, 2.45) is 0 Å². The Labute approximate surface area is 133 Å². The number of fused-ring (bicyclic) bond motifs is 1. The van der Waals surface area contributed by atoms with Crippen molar-refractivity contribution in [1.82, 2.24) is 9.97 Å². The fourth-order valence-corrected chi connectivity index (χ4v) is 3.17. The molecule has 22 heavy (non-hydrogen) atoms. The van der Waals surface area contributed by atoms with Crippen LogP contribution < -0.4 is 4.90 Å². The lowest BCUT2D eigenvalue weighted by atomic mass is 10.3. The van der Waals surface area contributed by atoms with E-state index in [0.29, 0.717) is 0 Å². The number of thioether (sulfide) groups is 1. The smallest absolute Gasteiger partial charge is 0.240 e. The number of rotatable bonds is 4. The normalized spacial score (nSPS) is 12.3. The van der Waals surface area contributed by atoms with Crippen molar-refractivity contribution < 1.29 is 4.79 Å². The maximum Gasteiger partial charge on any atom is 0.240 e. The molecular weight excluding hydrogens is 294 g/mol. The van der Waals surface area contributed by atoms with E-state index >= 15 is 0 Å². The number of amides is 1. The van der Waals surface area contributed by atoms with E-state index in [4.69, 9.17) is 0 Å². The molecule has 5 heteroatoms. The maximum atomic E-state index is 12.5. The Kier molecular flexibility index (Phi) is 4.15. The summed E-state index contributed by atoms with van der Waals surface area (Å²) in [5.74, 6) is 0.0525. The van der Waals surface area contributed by atoms with Crippen LogP contribution in [0.2, 0.25) is 0 Å². The molecule has 0 aliphatic heterocycles. The van der Waals surface area contributed by atoms with Crippen LogP contribution in [0, 0.1) is 0 Å². The quantitative estimate of drug-likeness (QED) is 0.747. The van der Waals surface area contributed by atoms with Gasteiger partial charge in [0, 0.05) is 12.7 Å². The summed E-state index contributed by atoms with van der Waals surface area (Å²) in [6.07, 6.45) is 0. The summed E-state index contributed by atoms with van der Waals surface area (Å²) in [5, 5.41) is 0.550. The van der Waals surface area contributed by atoms with Crippen molar-refractivity contribution in [2.75, 3.05) is 11.9 Å². The zero-order valence-corrected chi connectivity index (χ0v) is 13.3. The molecule has 1 atom stereocenters. The fourth-order valence-electron chi connectivity index (χ4n) is 2.25. The topological polar surface area (TPSA) is 49.0 Å². The lowest BCUT2D eigenvalue weighted by Gasteiger charge is -2.20. The first-order chi connectivity index (χ1) is 10.6. The number of carbonyl (C=O) groups excluding carboxylic acids is 1. The number of para-hydroxylation sites is 3.